The molecule has 2 fully saturated rings. The standard InChI is InChI=1S/C22H29N5.2ClH/c1-2-4-18(5-3-1)15-25-11-9-20(10-12-25)27-13-8-19-6-7-21(14-22(19)27)26-16-23-24-17-26;;/h6-8,13-14,16-18,20H,1-5,9-12,15H2;2*1H. The number of likely N-dealkylation sites (tertiary alicyclic amines) is 1. The van der Waals surface area contributed by atoms with Crippen LogP contribution >= 0.6 is 24.8 Å². The Morgan fingerprint density at radius 2 is 1.59 bits per heavy atom. The summed E-state index contributed by atoms with van der Waals surface area (Å²) in [6.07, 6.45) is 15.6. The Bertz CT molecular complexity index is 878. The number of aromatic nitrogens is 4. The highest BCUT2D eigenvalue weighted by Gasteiger charge is 2.24. The van der Waals surface area contributed by atoms with Crippen molar-refractivity contribution in [3.05, 3.63) is 43.1 Å². The van der Waals surface area contributed by atoms with Crippen molar-refractivity contribution in [1.29, 1.82) is 0 Å². The minimum absolute atomic E-state index is 0. The molecule has 1 saturated heterocycles. The van der Waals surface area contributed by atoms with Crippen molar-refractivity contribution < 1.29 is 0 Å². The van der Waals surface area contributed by atoms with E-state index in [0.29, 0.717) is 6.04 Å². The van der Waals surface area contributed by atoms with Gasteiger partial charge in [-0.2, -0.15) is 0 Å². The van der Waals surface area contributed by atoms with Gasteiger partial charge in [0, 0.05) is 31.9 Å². The summed E-state index contributed by atoms with van der Waals surface area (Å²) in [5, 5.41) is 9.19. The lowest BCUT2D eigenvalue weighted by Gasteiger charge is -2.36. The molecule has 158 valence electrons. The quantitative estimate of drug-likeness (QED) is 0.559. The van der Waals surface area contributed by atoms with E-state index < -0.39 is 0 Å². The maximum absolute atomic E-state index is 3.94. The monoisotopic (exact) mass is 435 g/mol. The first-order valence-corrected chi connectivity index (χ1v) is 10.5. The van der Waals surface area contributed by atoms with E-state index in [9.17, 15) is 0 Å². The summed E-state index contributed by atoms with van der Waals surface area (Å²) in [6, 6.07) is 9.48. The Morgan fingerprint density at radius 3 is 2.31 bits per heavy atom. The van der Waals surface area contributed by atoms with Crippen molar-refractivity contribution in [2.45, 2.75) is 51.0 Å². The molecule has 0 spiro atoms. The topological polar surface area (TPSA) is 38.9 Å². The smallest absolute Gasteiger partial charge is 0.123 e. The van der Waals surface area contributed by atoms with Gasteiger partial charge in [0.25, 0.3) is 0 Å². The zero-order chi connectivity index (χ0) is 18.1. The van der Waals surface area contributed by atoms with Crippen LogP contribution in [0, 0.1) is 5.92 Å². The first-order chi connectivity index (χ1) is 13.4. The third kappa shape index (κ3) is 4.79. The third-order valence-corrected chi connectivity index (χ3v) is 6.62. The van der Waals surface area contributed by atoms with E-state index in [4.69, 9.17) is 0 Å². The molecular weight excluding hydrogens is 405 g/mol. The second-order valence-corrected chi connectivity index (χ2v) is 8.37. The Kier molecular flexibility index (Phi) is 7.60. The molecule has 1 saturated carbocycles. The van der Waals surface area contributed by atoms with Crippen LogP contribution in [0.4, 0.5) is 0 Å². The van der Waals surface area contributed by atoms with E-state index >= 15 is 0 Å². The summed E-state index contributed by atoms with van der Waals surface area (Å²) >= 11 is 0. The van der Waals surface area contributed by atoms with Crippen molar-refractivity contribution in [3.8, 4) is 5.69 Å². The van der Waals surface area contributed by atoms with Gasteiger partial charge in [0.05, 0.1) is 11.2 Å². The van der Waals surface area contributed by atoms with Gasteiger partial charge in [-0.05, 0) is 55.2 Å². The first kappa shape index (κ1) is 22.1. The van der Waals surface area contributed by atoms with E-state index in [1.54, 1.807) is 12.7 Å². The molecular formula is C22H31Cl2N5. The predicted octanol–water partition coefficient (Wildman–Crippen LogP) is 5.28. The Hall–Kier alpha value is -1.56. The largest absolute Gasteiger partial charge is 0.344 e. The van der Waals surface area contributed by atoms with Gasteiger partial charge in [0.2, 0.25) is 0 Å². The molecule has 7 heteroatoms. The van der Waals surface area contributed by atoms with E-state index in [2.05, 4.69) is 50.1 Å². The summed E-state index contributed by atoms with van der Waals surface area (Å²) in [7, 11) is 0. The molecule has 1 aliphatic carbocycles. The van der Waals surface area contributed by atoms with Crippen molar-refractivity contribution in [3.63, 3.8) is 0 Å². The van der Waals surface area contributed by atoms with Gasteiger partial charge in [0.15, 0.2) is 0 Å². The van der Waals surface area contributed by atoms with Gasteiger partial charge < -0.3 is 9.47 Å². The molecule has 3 aromatic rings. The van der Waals surface area contributed by atoms with Crippen LogP contribution in [0.1, 0.15) is 51.0 Å². The molecule has 1 aliphatic heterocycles. The minimum Gasteiger partial charge on any atom is -0.344 e. The molecule has 29 heavy (non-hydrogen) atoms. The number of halogens is 2. The summed E-state index contributed by atoms with van der Waals surface area (Å²) in [4.78, 5) is 2.72. The van der Waals surface area contributed by atoms with Crippen LogP contribution in [-0.2, 0) is 0 Å². The Labute approximate surface area is 185 Å². The fourth-order valence-electron chi connectivity index (χ4n) is 5.07. The normalized spacial score (nSPS) is 19.0. The Morgan fingerprint density at radius 1 is 0.862 bits per heavy atom. The number of hydrogen-bond donors (Lipinski definition) is 0. The van der Waals surface area contributed by atoms with Gasteiger partial charge in [0.1, 0.15) is 12.7 Å². The number of nitrogens with zero attached hydrogens (tertiary/aromatic N) is 5. The molecule has 5 rings (SSSR count). The molecule has 0 unspecified atom stereocenters. The highest BCUT2D eigenvalue weighted by Crippen LogP contribution is 2.31. The van der Waals surface area contributed by atoms with Crippen LogP contribution in [0.25, 0.3) is 16.6 Å². The minimum atomic E-state index is 0. The lowest BCUT2D eigenvalue weighted by molar-refractivity contribution is 0.149. The molecule has 0 atom stereocenters. The lowest BCUT2D eigenvalue weighted by Crippen LogP contribution is -2.38. The average molecular weight is 436 g/mol. The molecule has 2 aliphatic rings. The summed E-state index contributed by atoms with van der Waals surface area (Å²) in [5.41, 5.74) is 2.45. The molecule has 0 radical (unpaired) electrons. The van der Waals surface area contributed by atoms with E-state index in [-0.39, 0.29) is 24.8 Å². The van der Waals surface area contributed by atoms with Gasteiger partial charge in [-0.3, -0.25) is 4.57 Å². The summed E-state index contributed by atoms with van der Waals surface area (Å²) in [6.45, 7) is 3.81. The van der Waals surface area contributed by atoms with Crippen LogP contribution in [0.5, 0.6) is 0 Å². The van der Waals surface area contributed by atoms with E-state index in [1.807, 2.05) is 4.57 Å². The zero-order valence-corrected chi connectivity index (χ0v) is 18.5. The molecule has 1 aromatic carbocycles. The first-order valence-electron chi connectivity index (χ1n) is 10.5. The van der Waals surface area contributed by atoms with Crippen molar-refractivity contribution in [2.24, 2.45) is 5.92 Å². The number of fused-ring (bicyclic) bond motifs is 1. The van der Waals surface area contributed by atoms with Crippen LogP contribution in [0.3, 0.4) is 0 Å². The summed E-state index contributed by atoms with van der Waals surface area (Å²) < 4.78 is 4.48. The fraction of sp³-hybridized carbons (Fsp3) is 0.545. The molecule has 0 bridgehead atoms. The molecule has 3 heterocycles. The summed E-state index contributed by atoms with van der Waals surface area (Å²) in [5.74, 6) is 0.953. The zero-order valence-electron chi connectivity index (χ0n) is 16.8. The van der Waals surface area contributed by atoms with Gasteiger partial charge in [-0.1, -0.05) is 25.3 Å². The highest BCUT2D eigenvalue weighted by atomic mass is 35.5. The van der Waals surface area contributed by atoms with Crippen molar-refractivity contribution in [2.75, 3.05) is 19.6 Å². The number of piperidine rings is 1. The number of benzene rings is 1. The fourth-order valence-corrected chi connectivity index (χ4v) is 5.07. The molecule has 5 nitrogen and oxygen atoms in total. The molecule has 0 N–H and O–H groups in total. The molecule has 2 aromatic heterocycles. The van der Waals surface area contributed by atoms with Crippen LogP contribution < -0.4 is 0 Å². The predicted molar refractivity (Wildman–Crippen MR) is 123 cm³/mol. The van der Waals surface area contributed by atoms with Gasteiger partial charge in [-0.25, -0.2) is 0 Å². The number of rotatable bonds is 4. The highest BCUT2D eigenvalue weighted by molar-refractivity contribution is 5.85. The maximum atomic E-state index is 3.94. The molecule has 0 amide bonds. The van der Waals surface area contributed by atoms with Gasteiger partial charge >= 0.3 is 0 Å². The van der Waals surface area contributed by atoms with Crippen LogP contribution in [0.2, 0.25) is 0 Å². The van der Waals surface area contributed by atoms with Gasteiger partial charge in [-0.15, -0.1) is 35.0 Å². The van der Waals surface area contributed by atoms with Crippen molar-refractivity contribution in [1.82, 2.24) is 24.2 Å². The second kappa shape index (κ2) is 9.96. The van der Waals surface area contributed by atoms with E-state index in [1.165, 1.54) is 75.5 Å². The van der Waals surface area contributed by atoms with Crippen molar-refractivity contribution >= 4 is 35.7 Å². The maximum Gasteiger partial charge on any atom is 0.123 e. The van der Waals surface area contributed by atoms with Crippen LogP contribution in [-0.4, -0.2) is 43.9 Å². The number of hydrogen-bond acceptors (Lipinski definition) is 3. The van der Waals surface area contributed by atoms with Crippen LogP contribution in [0.15, 0.2) is 43.1 Å². The Balaban J connectivity index is 0.00000120. The lowest BCUT2D eigenvalue weighted by atomic mass is 9.88. The third-order valence-electron chi connectivity index (χ3n) is 6.62. The van der Waals surface area contributed by atoms with E-state index in [0.717, 1.165) is 11.6 Å². The SMILES string of the molecule is Cl.Cl.c1cc2ccn(C3CCN(CC4CCCCC4)CC3)c2cc1-n1cnnc1. The second-order valence-electron chi connectivity index (χ2n) is 8.37. The average Bonchev–Trinajstić information content (AvgIpc) is 3.39.